The molecule has 0 fully saturated rings. The molecule has 2 N–H and O–H groups in total. The molecular weight excluding hydrogens is 344 g/mol. The van der Waals surface area contributed by atoms with E-state index in [9.17, 15) is 15.2 Å². The van der Waals surface area contributed by atoms with Gasteiger partial charge in [-0.05, 0) is 34.5 Å². The summed E-state index contributed by atoms with van der Waals surface area (Å²) < 4.78 is 0.672. The summed E-state index contributed by atoms with van der Waals surface area (Å²) in [5.41, 5.74) is 1.51. The molecule has 0 aliphatic carbocycles. The van der Waals surface area contributed by atoms with Gasteiger partial charge in [-0.15, -0.1) is 0 Å². The summed E-state index contributed by atoms with van der Waals surface area (Å²) in [5, 5.41) is 27.7. The molecule has 1 unspecified atom stereocenters. The number of nitro groups is 1. The van der Waals surface area contributed by atoms with Gasteiger partial charge in [-0.1, -0.05) is 15.9 Å². The molecule has 7 heteroatoms. The van der Waals surface area contributed by atoms with Gasteiger partial charge in [0.05, 0.1) is 11.0 Å². The highest BCUT2D eigenvalue weighted by Crippen LogP contribution is 2.23. The molecule has 0 amide bonds. The van der Waals surface area contributed by atoms with Gasteiger partial charge in [-0.25, -0.2) is 0 Å². The Morgan fingerprint density at radius 3 is 2.90 bits per heavy atom. The summed E-state index contributed by atoms with van der Waals surface area (Å²) in [6, 6.07) is 6.80. The third-order valence-electron chi connectivity index (χ3n) is 2.83. The zero-order valence-corrected chi connectivity index (χ0v) is 12.9. The predicted octanol–water partition coefficient (Wildman–Crippen LogP) is 3.24. The molecule has 1 atom stereocenters. The van der Waals surface area contributed by atoms with Gasteiger partial charge in [0.1, 0.15) is 0 Å². The van der Waals surface area contributed by atoms with E-state index in [1.807, 2.05) is 16.8 Å². The van der Waals surface area contributed by atoms with Crippen LogP contribution in [0.2, 0.25) is 0 Å². The molecule has 0 bridgehead atoms. The normalized spacial score (nSPS) is 12.3. The lowest BCUT2D eigenvalue weighted by Gasteiger charge is -2.10. The number of hydrogen-bond donors (Lipinski definition) is 2. The summed E-state index contributed by atoms with van der Waals surface area (Å²) in [4.78, 5) is 10.6. The molecule has 0 saturated carbocycles. The first-order valence-corrected chi connectivity index (χ1v) is 7.65. The van der Waals surface area contributed by atoms with Crippen molar-refractivity contribution in [1.29, 1.82) is 0 Å². The average molecular weight is 357 g/mol. The van der Waals surface area contributed by atoms with Gasteiger partial charge < -0.3 is 10.4 Å². The van der Waals surface area contributed by atoms with Crippen LogP contribution in [-0.2, 0) is 6.54 Å². The third-order valence-corrected chi connectivity index (χ3v) is 4.02. The molecule has 20 heavy (non-hydrogen) atoms. The fourth-order valence-corrected chi connectivity index (χ4v) is 2.84. The smallest absolute Gasteiger partial charge is 0.275 e. The second-order valence-corrected chi connectivity index (χ2v) is 5.93. The minimum atomic E-state index is -0.601. The van der Waals surface area contributed by atoms with Crippen LogP contribution in [0.15, 0.2) is 39.5 Å². The van der Waals surface area contributed by atoms with Gasteiger partial charge in [-0.3, -0.25) is 10.1 Å². The molecule has 0 spiro atoms. The van der Waals surface area contributed by atoms with Crippen LogP contribution in [0, 0.1) is 10.1 Å². The van der Waals surface area contributed by atoms with Crippen molar-refractivity contribution in [2.45, 2.75) is 12.6 Å². The molecule has 106 valence electrons. The third kappa shape index (κ3) is 3.86. The highest BCUT2D eigenvalue weighted by Gasteiger charge is 2.14. The Morgan fingerprint density at radius 1 is 1.45 bits per heavy atom. The van der Waals surface area contributed by atoms with E-state index in [1.165, 1.54) is 17.4 Å². The lowest BCUT2D eigenvalue weighted by molar-refractivity contribution is -0.385. The minimum Gasteiger partial charge on any atom is -0.387 e. The van der Waals surface area contributed by atoms with Crippen LogP contribution in [0.25, 0.3) is 0 Å². The molecule has 2 rings (SSSR count). The topological polar surface area (TPSA) is 75.4 Å². The first-order valence-electron chi connectivity index (χ1n) is 5.91. The number of halogens is 1. The van der Waals surface area contributed by atoms with E-state index >= 15 is 0 Å². The standard InChI is InChI=1S/C13H13BrN2O3S/c14-11-2-1-9(12(5-11)16(18)19)6-15-7-13(17)10-3-4-20-8-10/h1-5,8,13,15,17H,6-7H2. The van der Waals surface area contributed by atoms with Crippen LogP contribution in [0.3, 0.4) is 0 Å². The number of nitrogens with zero attached hydrogens (tertiary/aromatic N) is 1. The maximum absolute atomic E-state index is 11.0. The molecular formula is C13H13BrN2O3S. The lowest BCUT2D eigenvalue weighted by atomic mass is 10.1. The number of rotatable bonds is 6. The van der Waals surface area contributed by atoms with Crippen molar-refractivity contribution in [3.05, 3.63) is 60.7 Å². The van der Waals surface area contributed by atoms with E-state index < -0.39 is 11.0 Å². The molecule has 2 aromatic rings. The Labute approximate surface area is 128 Å². The Hall–Kier alpha value is -1.28. The minimum absolute atomic E-state index is 0.0666. The predicted molar refractivity (Wildman–Crippen MR) is 81.8 cm³/mol. The first kappa shape index (κ1) is 15.1. The van der Waals surface area contributed by atoms with Gasteiger partial charge in [-0.2, -0.15) is 11.3 Å². The van der Waals surface area contributed by atoms with Crippen molar-refractivity contribution < 1.29 is 10.0 Å². The summed E-state index contributed by atoms with van der Waals surface area (Å²) in [6.45, 7) is 0.689. The fraction of sp³-hybridized carbons (Fsp3) is 0.231. The van der Waals surface area contributed by atoms with Crippen molar-refractivity contribution in [1.82, 2.24) is 5.32 Å². The van der Waals surface area contributed by atoms with Gasteiger partial charge in [0.2, 0.25) is 0 Å². The Bertz CT molecular complexity index is 589. The quantitative estimate of drug-likeness (QED) is 0.615. The van der Waals surface area contributed by atoms with Crippen LogP contribution in [0.5, 0.6) is 0 Å². The second-order valence-electron chi connectivity index (χ2n) is 4.23. The zero-order chi connectivity index (χ0) is 14.5. The molecule has 1 aromatic heterocycles. The summed E-state index contributed by atoms with van der Waals surface area (Å²) in [5.74, 6) is 0. The number of nitrogens with one attached hydrogen (secondary N) is 1. The molecule has 0 radical (unpaired) electrons. The maximum Gasteiger partial charge on any atom is 0.275 e. The largest absolute Gasteiger partial charge is 0.387 e. The summed E-state index contributed by atoms with van der Waals surface area (Å²) in [6.07, 6.45) is -0.601. The van der Waals surface area contributed by atoms with Gasteiger partial charge >= 0.3 is 0 Å². The van der Waals surface area contributed by atoms with Crippen molar-refractivity contribution in [2.75, 3.05) is 6.54 Å². The zero-order valence-electron chi connectivity index (χ0n) is 10.5. The molecule has 5 nitrogen and oxygen atoms in total. The summed E-state index contributed by atoms with van der Waals surface area (Å²) >= 11 is 4.74. The molecule has 0 aliphatic rings. The van der Waals surface area contributed by atoms with Crippen LogP contribution in [0.1, 0.15) is 17.2 Å². The number of hydrogen-bond acceptors (Lipinski definition) is 5. The van der Waals surface area contributed by atoms with Gasteiger partial charge in [0.15, 0.2) is 0 Å². The molecule has 1 heterocycles. The maximum atomic E-state index is 11.0. The molecule has 0 aliphatic heterocycles. The second kappa shape index (κ2) is 6.94. The first-order chi connectivity index (χ1) is 9.58. The SMILES string of the molecule is O=[N+]([O-])c1cc(Br)ccc1CNCC(O)c1ccsc1. The highest BCUT2D eigenvalue weighted by atomic mass is 79.9. The van der Waals surface area contributed by atoms with Crippen LogP contribution >= 0.6 is 27.3 Å². The monoisotopic (exact) mass is 356 g/mol. The van der Waals surface area contributed by atoms with E-state index in [2.05, 4.69) is 21.2 Å². The Morgan fingerprint density at radius 2 is 2.25 bits per heavy atom. The van der Waals surface area contributed by atoms with E-state index in [0.29, 0.717) is 23.1 Å². The Kier molecular flexibility index (Phi) is 5.24. The van der Waals surface area contributed by atoms with Crippen molar-refractivity contribution in [2.24, 2.45) is 0 Å². The van der Waals surface area contributed by atoms with Crippen molar-refractivity contribution >= 4 is 33.0 Å². The van der Waals surface area contributed by atoms with Gasteiger partial charge in [0, 0.05) is 29.2 Å². The number of thiophene rings is 1. The highest BCUT2D eigenvalue weighted by molar-refractivity contribution is 9.10. The van der Waals surface area contributed by atoms with E-state index in [-0.39, 0.29) is 5.69 Å². The number of benzene rings is 1. The fourth-order valence-electron chi connectivity index (χ4n) is 1.78. The molecule has 1 aromatic carbocycles. The van der Waals surface area contributed by atoms with Crippen LogP contribution < -0.4 is 5.32 Å². The van der Waals surface area contributed by atoms with Gasteiger partial charge in [0.25, 0.3) is 5.69 Å². The molecule has 0 saturated heterocycles. The average Bonchev–Trinajstić information content (AvgIpc) is 2.94. The number of nitro benzene ring substituents is 1. The Balaban J connectivity index is 1.96. The number of aliphatic hydroxyl groups excluding tert-OH is 1. The van der Waals surface area contributed by atoms with E-state index in [0.717, 1.165) is 5.56 Å². The summed E-state index contributed by atoms with van der Waals surface area (Å²) in [7, 11) is 0. The lowest BCUT2D eigenvalue weighted by Crippen LogP contribution is -2.21. The van der Waals surface area contributed by atoms with E-state index in [4.69, 9.17) is 0 Å². The van der Waals surface area contributed by atoms with Crippen molar-refractivity contribution in [3.63, 3.8) is 0 Å². The van der Waals surface area contributed by atoms with Crippen LogP contribution in [0.4, 0.5) is 5.69 Å². The number of aliphatic hydroxyl groups is 1. The van der Waals surface area contributed by atoms with Crippen molar-refractivity contribution in [3.8, 4) is 0 Å². The van der Waals surface area contributed by atoms with Crippen LogP contribution in [-0.4, -0.2) is 16.6 Å². The van der Waals surface area contributed by atoms with E-state index in [1.54, 1.807) is 12.1 Å².